The van der Waals surface area contributed by atoms with Crippen LogP contribution in [0.15, 0.2) is 71.1 Å². The molecule has 2 aliphatic rings. The van der Waals surface area contributed by atoms with Crippen LogP contribution in [0.3, 0.4) is 0 Å². The van der Waals surface area contributed by atoms with Crippen molar-refractivity contribution in [3.05, 3.63) is 72.1 Å². The highest BCUT2D eigenvalue weighted by Crippen LogP contribution is 2.40. The van der Waals surface area contributed by atoms with Gasteiger partial charge in [0.15, 0.2) is 0 Å². The summed E-state index contributed by atoms with van der Waals surface area (Å²) in [5, 5.41) is 2.36. The maximum Gasteiger partial charge on any atom is 0.325 e. The standard InChI is InChI=1S/C27H31N2O.C7H15O5P.CH5N/c1-5-28(6-2)21-14-16-23-25(18-21)30-26-19-22(29(7-3)8-4)15-17-24(26)27(23)20-12-10-9-11-13-20;1-12-7(8)5-3-2-4-6-13(9,10)11;1-2/h9-19H,5-8H2,1-4H3;2-6H2,1H3,(H2,9,10,11);2H2,1H3/q+1;;. The van der Waals surface area contributed by atoms with Gasteiger partial charge in [-0.3, -0.25) is 9.36 Å². The van der Waals surface area contributed by atoms with Gasteiger partial charge in [-0.15, -0.1) is 0 Å². The topological polar surface area (TPSA) is 129 Å². The first-order chi connectivity index (χ1) is 21.6. The highest BCUT2D eigenvalue weighted by molar-refractivity contribution is 7.51. The number of hydrogen-bond donors (Lipinski definition) is 3. The lowest BCUT2D eigenvalue weighted by Crippen LogP contribution is -2.29. The summed E-state index contributed by atoms with van der Waals surface area (Å²) < 4.78 is 23.7. The van der Waals surface area contributed by atoms with E-state index in [1.807, 2.05) is 0 Å². The number of hydrogen-bond acceptors (Lipinski definition) is 6. The van der Waals surface area contributed by atoms with Gasteiger partial charge < -0.3 is 29.6 Å². The van der Waals surface area contributed by atoms with Crippen LogP contribution < -0.4 is 20.6 Å². The Hall–Kier alpha value is -3.49. The minimum Gasteiger partial charge on any atom is -0.469 e. The van der Waals surface area contributed by atoms with Crippen molar-refractivity contribution in [2.24, 2.45) is 5.73 Å². The first-order valence-electron chi connectivity index (χ1n) is 15.7. The maximum atomic E-state index is 10.6. The molecule has 0 spiro atoms. The molecule has 0 atom stereocenters. The van der Waals surface area contributed by atoms with Crippen LogP contribution in [-0.2, 0) is 14.1 Å². The molecule has 9 nitrogen and oxygen atoms in total. The Morgan fingerprint density at radius 3 is 2.16 bits per heavy atom. The summed E-state index contributed by atoms with van der Waals surface area (Å²) in [5.41, 5.74) is 10.2. The summed E-state index contributed by atoms with van der Waals surface area (Å²) >= 11 is 0. The van der Waals surface area contributed by atoms with E-state index in [9.17, 15) is 9.36 Å². The summed E-state index contributed by atoms with van der Waals surface area (Å²) in [6.45, 7) is 12.7. The average Bonchev–Trinajstić information content (AvgIpc) is 3.05. The molecule has 0 amide bonds. The minimum atomic E-state index is -3.85. The number of nitrogens with zero attached hydrogens (tertiary/aromatic N) is 2. The van der Waals surface area contributed by atoms with E-state index in [4.69, 9.17) is 14.2 Å². The SMILES string of the molecule is CCN(CC)c1ccc2c(-c3ccccc3)c3ccc(=[N+](CC)CC)cc-3oc2c1.CN.COC(=O)CCCCCP(=O)(O)O. The van der Waals surface area contributed by atoms with Crippen molar-refractivity contribution in [1.82, 2.24) is 4.58 Å². The number of benzene rings is 3. The van der Waals surface area contributed by atoms with E-state index >= 15 is 0 Å². The first-order valence-corrected chi connectivity index (χ1v) is 17.5. The molecular formula is C35H51N3O6P+. The van der Waals surface area contributed by atoms with Crippen molar-refractivity contribution in [1.29, 1.82) is 0 Å². The molecule has 0 saturated carbocycles. The van der Waals surface area contributed by atoms with Gasteiger partial charge >= 0.3 is 13.6 Å². The van der Waals surface area contributed by atoms with Crippen molar-refractivity contribution in [3.63, 3.8) is 0 Å². The Morgan fingerprint density at radius 2 is 1.58 bits per heavy atom. The number of esters is 1. The quantitative estimate of drug-likeness (QED) is 0.0538. The number of nitrogens with two attached hydrogens (primary N) is 1. The summed E-state index contributed by atoms with van der Waals surface area (Å²) in [4.78, 5) is 29.9. The Morgan fingerprint density at radius 1 is 0.911 bits per heavy atom. The second kappa shape index (κ2) is 19.1. The Balaban J connectivity index is 0.000000398. The van der Waals surface area contributed by atoms with Crippen LogP contribution in [0.4, 0.5) is 5.69 Å². The van der Waals surface area contributed by atoms with Gasteiger partial charge in [-0.25, -0.2) is 4.58 Å². The van der Waals surface area contributed by atoms with Crippen molar-refractivity contribution in [2.75, 3.05) is 51.4 Å². The van der Waals surface area contributed by atoms with Crippen LogP contribution in [0.5, 0.6) is 0 Å². The van der Waals surface area contributed by atoms with Crippen molar-refractivity contribution >= 4 is 30.2 Å². The van der Waals surface area contributed by atoms with E-state index in [0.717, 1.165) is 48.5 Å². The van der Waals surface area contributed by atoms with Gasteiger partial charge in [0.25, 0.3) is 0 Å². The molecule has 0 aromatic heterocycles. The molecule has 1 aliphatic carbocycles. The van der Waals surface area contributed by atoms with E-state index in [1.165, 1.54) is 36.3 Å². The third-order valence-corrected chi connectivity index (χ3v) is 8.47. The molecule has 2 aromatic carbocycles. The number of ether oxygens (including phenoxy) is 1. The molecule has 0 saturated heterocycles. The predicted octanol–water partition coefficient (Wildman–Crippen LogP) is 6.34. The van der Waals surface area contributed by atoms with Crippen LogP contribution in [-0.4, -0.2) is 62.3 Å². The number of fused-ring (bicyclic) bond motifs is 2. The van der Waals surface area contributed by atoms with Gasteiger partial charge in [-0.05, 0) is 71.3 Å². The molecule has 10 heteroatoms. The zero-order valence-electron chi connectivity index (χ0n) is 27.7. The molecule has 0 fully saturated rings. The molecule has 0 unspecified atom stereocenters. The Labute approximate surface area is 267 Å². The van der Waals surface area contributed by atoms with Crippen molar-refractivity contribution < 1.29 is 28.3 Å². The van der Waals surface area contributed by atoms with Crippen LogP contribution in [0, 0.1) is 0 Å². The van der Waals surface area contributed by atoms with E-state index in [-0.39, 0.29) is 12.1 Å². The Bertz CT molecular complexity index is 1550. The molecule has 0 bridgehead atoms. The van der Waals surface area contributed by atoms with E-state index in [0.29, 0.717) is 25.7 Å². The Kier molecular flexibility index (Phi) is 16.0. The second-order valence-electron chi connectivity index (χ2n) is 10.3. The summed E-state index contributed by atoms with van der Waals surface area (Å²) in [5.74, 6) is 0.652. The monoisotopic (exact) mass is 640 g/mol. The molecule has 2 aromatic rings. The van der Waals surface area contributed by atoms with Gasteiger partial charge in [-0.2, -0.15) is 0 Å². The largest absolute Gasteiger partial charge is 0.469 e. The van der Waals surface area contributed by atoms with Gasteiger partial charge in [0.05, 0.1) is 13.2 Å². The smallest absolute Gasteiger partial charge is 0.325 e. The highest BCUT2D eigenvalue weighted by atomic mass is 31.2. The highest BCUT2D eigenvalue weighted by Gasteiger charge is 2.19. The van der Waals surface area contributed by atoms with Gasteiger partial charge in [-0.1, -0.05) is 36.8 Å². The molecule has 4 rings (SSSR count). The third kappa shape index (κ3) is 11.1. The number of carbonyl (C=O) groups excluding carboxylic acids is 1. The van der Waals surface area contributed by atoms with Crippen molar-refractivity contribution in [2.45, 2.75) is 53.4 Å². The minimum absolute atomic E-state index is 0.103. The number of unbranched alkanes of at least 4 members (excludes halogenated alkanes) is 2. The molecule has 1 aliphatic heterocycles. The zero-order valence-corrected chi connectivity index (χ0v) is 28.6. The van der Waals surface area contributed by atoms with E-state index < -0.39 is 7.60 Å². The number of rotatable bonds is 12. The lowest BCUT2D eigenvalue weighted by atomic mass is 9.93. The van der Waals surface area contributed by atoms with Crippen molar-refractivity contribution in [3.8, 4) is 22.5 Å². The second-order valence-corrected chi connectivity index (χ2v) is 12.1. The normalized spacial score (nSPS) is 10.9. The first kappa shape index (κ1) is 37.7. The maximum absolute atomic E-state index is 10.6. The zero-order chi connectivity index (χ0) is 33.4. The molecule has 1 heterocycles. The molecule has 4 N–H and O–H groups in total. The van der Waals surface area contributed by atoms with Crippen LogP contribution in [0.1, 0.15) is 53.4 Å². The van der Waals surface area contributed by atoms with Gasteiger partial charge in [0.2, 0.25) is 5.36 Å². The van der Waals surface area contributed by atoms with E-state index in [1.54, 1.807) is 0 Å². The molecule has 246 valence electrons. The van der Waals surface area contributed by atoms with Crippen LogP contribution >= 0.6 is 7.60 Å². The van der Waals surface area contributed by atoms with E-state index in [2.05, 4.69) is 114 Å². The lowest BCUT2D eigenvalue weighted by molar-refractivity contribution is -0.140. The molecule has 45 heavy (non-hydrogen) atoms. The summed E-state index contributed by atoms with van der Waals surface area (Å²) in [6.07, 6.45) is 1.92. The fourth-order valence-electron chi connectivity index (χ4n) is 5.22. The number of methoxy groups -OCH3 is 1. The van der Waals surface area contributed by atoms with Crippen LogP contribution in [0.25, 0.3) is 33.4 Å². The fraction of sp³-hybridized carbons (Fsp3) is 0.429. The summed E-state index contributed by atoms with van der Waals surface area (Å²) in [7, 11) is -1.04. The summed E-state index contributed by atoms with van der Waals surface area (Å²) in [6, 6.07) is 23.9. The van der Waals surface area contributed by atoms with Gasteiger partial charge in [0, 0.05) is 60.0 Å². The molecular weight excluding hydrogens is 589 g/mol. The van der Waals surface area contributed by atoms with Gasteiger partial charge in [0.1, 0.15) is 24.4 Å². The van der Waals surface area contributed by atoms with Crippen LogP contribution in [0.2, 0.25) is 0 Å². The average molecular weight is 641 g/mol. The number of carbonyl (C=O) groups is 1. The predicted molar refractivity (Wildman–Crippen MR) is 186 cm³/mol. The lowest BCUT2D eigenvalue weighted by Gasteiger charge is -2.22. The molecule has 0 radical (unpaired) electrons. The third-order valence-electron chi connectivity index (χ3n) is 7.57. The fourth-order valence-corrected chi connectivity index (χ4v) is 5.86. The number of anilines is 1.